The van der Waals surface area contributed by atoms with Crippen LogP contribution in [0.2, 0.25) is 0 Å². The molecule has 2 N–H and O–H groups in total. The number of carbonyl (C=O) groups excluding carboxylic acids is 1. The summed E-state index contributed by atoms with van der Waals surface area (Å²) in [6.45, 7) is 0.128. The van der Waals surface area contributed by atoms with Crippen molar-refractivity contribution in [3.05, 3.63) is 66.1 Å². The van der Waals surface area contributed by atoms with E-state index in [1.807, 2.05) is 30.3 Å². The zero-order chi connectivity index (χ0) is 17.3. The van der Waals surface area contributed by atoms with E-state index in [0.717, 1.165) is 18.4 Å². The van der Waals surface area contributed by atoms with Gasteiger partial charge in [0.1, 0.15) is 5.60 Å². The normalized spacial score (nSPS) is 16.4. The van der Waals surface area contributed by atoms with Crippen LogP contribution in [0.1, 0.15) is 28.9 Å². The second-order valence-corrected chi connectivity index (χ2v) is 6.30. The van der Waals surface area contributed by atoms with Gasteiger partial charge in [-0.05, 0) is 36.5 Å². The molecule has 3 aromatic rings. The van der Waals surface area contributed by atoms with Crippen molar-refractivity contribution in [3.63, 3.8) is 0 Å². The number of benzene rings is 1. The third-order valence-electron chi connectivity index (χ3n) is 4.55. The fraction of sp³-hybridized carbons (Fsp3) is 0.263. The Morgan fingerprint density at radius 3 is 2.68 bits per heavy atom. The average molecular weight is 338 g/mol. The second-order valence-electron chi connectivity index (χ2n) is 6.30. The number of rotatable bonds is 6. The van der Waals surface area contributed by atoms with Crippen molar-refractivity contribution >= 4 is 5.91 Å². The fourth-order valence-corrected chi connectivity index (χ4v) is 2.99. The van der Waals surface area contributed by atoms with E-state index in [0.29, 0.717) is 11.5 Å². The van der Waals surface area contributed by atoms with Crippen LogP contribution < -0.4 is 5.32 Å². The predicted octanol–water partition coefficient (Wildman–Crippen LogP) is 2.96. The Hall–Kier alpha value is -2.86. The van der Waals surface area contributed by atoms with Crippen LogP contribution in [0.5, 0.6) is 0 Å². The van der Waals surface area contributed by atoms with Gasteiger partial charge in [-0.1, -0.05) is 35.5 Å². The van der Waals surface area contributed by atoms with E-state index in [1.54, 1.807) is 12.1 Å². The monoisotopic (exact) mass is 338 g/mol. The number of furan rings is 1. The molecule has 1 atom stereocenters. The Labute approximate surface area is 144 Å². The quantitative estimate of drug-likeness (QED) is 0.721. The highest BCUT2D eigenvalue weighted by molar-refractivity contribution is 5.93. The number of aromatic nitrogens is 1. The molecule has 2 aromatic heterocycles. The molecule has 1 aliphatic rings. The SMILES string of the molecule is O=C(NC[C@@](O)(c1ccccc1)C1CC1)c1cc(-c2ccco2)on1. The Morgan fingerprint density at radius 1 is 1.20 bits per heavy atom. The van der Waals surface area contributed by atoms with E-state index in [1.165, 1.54) is 12.3 Å². The van der Waals surface area contributed by atoms with E-state index in [2.05, 4.69) is 10.5 Å². The number of aliphatic hydroxyl groups is 1. The fourth-order valence-electron chi connectivity index (χ4n) is 2.99. The van der Waals surface area contributed by atoms with Gasteiger partial charge in [0.2, 0.25) is 5.76 Å². The first kappa shape index (κ1) is 15.7. The van der Waals surface area contributed by atoms with Crippen LogP contribution in [0.25, 0.3) is 11.5 Å². The number of carbonyl (C=O) groups is 1. The summed E-state index contributed by atoms with van der Waals surface area (Å²) in [6.07, 6.45) is 3.43. The van der Waals surface area contributed by atoms with Crippen LogP contribution in [0.4, 0.5) is 0 Å². The maximum absolute atomic E-state index is 12.4. The van der Waals surface area contributed by atoms with Gasteiger partial charge in [0.15, 0.2) is 11.5 Å². The molecule has 0 radical (unpaired) electrons. The number of hydrogen-bond donors (Lipinski definition) is 2. The van der Waals surface area contributed by atoms with Crippen LogP contribution in [0, 0.1) is 5.92 Å². The molecule has 0 aliphatic heterocycles. The van der Waals surface area contributed by atoms with Crippen molar-refractivity contribution in [2.45, 2.75) is 18.4 Å². The molecule has 6 nitrogen and oxygen atoms in total. The summed E-state index contributed by atoms with van der Waals surface area (Å²) in [5.74, 6) is 0.656. The molecule has 1 fully saturated rings. The van der Waals surface area contributed by atoms with Crippen molar-refractivity contribution < 1.29 is 18.8 Å². The zero-order valence-corrected chi connectivity index (χ0v) is 13.5. The highest BCUT2D eigenvalue weighted by Gasteiger charge is 2.45. The summed E-state index contributed by atoms with van der Waals surface area (Å²) in [4.78, 5) is 12.4. The van der Waals surface area contributed by atoms with Gasteiger partial charge in [0.05, 0.1) is 12.8 Å². The summed E-state index contributed by atoms with van der Waals surface area (Å²) in [6, 6.07) is 14.4. The molecule has 0 spiro atoms. The van der Waals surface area contributed by atoms with Crippen molar-refractivity contribution in [3.8, 4) is 11.5 Å². The molecule has 2 heterocycles. The predicted molar refractivity (Wildman–Crippen MR) is 89.6 cm³/mol. The first-order valence-electron chi connectivity index (χ1n) is 8.23. The summed E-state index contributed by atoms with van der Waals surface area (Å²) in [5, 5.41) is 17.7. The Kier molecular flexibility index (Phi) is 3.89. The van der Waals surface area contributed by atoms with Crippen molar-refractivity contribution in [1.29, 1.82) is 0 Å². The Morgan fingerprint density at radius 2 is 2.00 bits per heavy atom. The molecule has 0 saturated heterocycles. The lowest BCUT2D eigenvalue weighted by Gasteiger charge is -2.29. The molecule has 25 heavy (non-hydrogen) atoms. The van der Waals surface area contributed by atoms with Gasteiger partial charge in [0, 0.05) is 6.07 Å². The third kappa shape index (κ3) is 3.08. The highest BCUT2D eigenvalue weighted by Crippen LogP contribution is 2.45. The lowest BCUT2D eigenvalue weighted by atomic mass is 9.88. The molecule has 1 aliphatic carbocycles. The topological polar surface area (TPSA) is 88.5 Å². The summed E-state index contributed by atoms with van der Waals surface area (Å²) < 4.78 is 10.4. The molecule has 1 saturated carbocycles. The molecule has 128 valence electrons. The maximum Gasteiger partial charge on any atom is 0.273 e. The van der Waals surface area contributed by atoms with Crippen molar-refractivity contribution in [2.24, 2.45) is 5.92 Å². The summed E-state index contributed by atoms with van der Waals surface area (Å²) in [5.41, 5.74) is -0.100. The Bertz CT molecular complexity index is 853. The number of nitrogens with one attached hydrogen (secondary N) is 1. The van der Waals surface area contributed by atoms with Gasteiger partial charge in [0.25, 0.3) is 5.91 Å². The molecule has 1 amide bonds. The van der Waals surface area contributed by atoms with E-state index < -0.39 is 11.5 Å². The molecule has 0 bridgehead atoms. The molecule has 0 unspecified atom stereocenters. The number of nitrogens with zero attached hydrogens (tertiary/aromatic N) is 1. The molecular formula is C19H18N2O4. The second kappa shape index (κ2) is 6.22. The van der Waals surface area contributed by atoms with Crippen LogP contribution in [0.15, 0.2) is 63.7 Å². The number of hydrogen-bond acceptors (Lipinski definition) is 5. The van der Waals surface area contributed by atoms with Crippen LogP contribution in [-0.2, 0) is 5.60 Å². The van der Waals surface area contributed by atoms with Gasteiger partial charge < -0.3 is 19.4 Å². The minimum absolute atomic E-state index is 0.128. The smallest absolute Gasteiger partial charge is 0.273 e. The summed E-state index contributed by atoms with van der Waals surface area (Å²) >= 11 is 0. The summed E-state index contributed by atoms with van der Waals surface area (Å²) in [7, 11) is 0. The van der Waals surface area contributed by atoms with Crippen molar-refractivity contribution in [2.75, 3.05) is 6.54 Å². The minimum Gasteiger partial charge on any atom is -0.461 e. The highest BCUT2D eigenvalue weighted by atomic mass is 16.5. The minimum atomic E-state index is -1.06. The molecule has 1 aromatic carbocycles. The number of amides is 1. The first-order chi connectivity index (χ1) is 12.2. The standard InChI is InChI=1S/C19H18N2O4/c22-18(15-11-17(25-21-15)16-7-4-10-24-16)20-12-19(23,14-8-9-14)13-5-2-1-3-6-13/h1-7,10-11,14,23H,8-9,12H2,(H,20,22)/t19-/m1/s1. The van der Waals surface area contributed by atoms with Crippen molar-refractivity contribution in [1.82, 2.24) is 10.5 Å². The molecule has 4 rings (SSSR count). The van der Waals surface area contributed by atoms with Gasteiger partial charge in [-0.2, -0.15) is 0 Å². The third-order valence-corrected chi connectivity index (χ3v) is 4.55. The van der Waals surface area contributed by atoms with E-state index >= 15 is 0 Å². The lowest BCUT2D eigenvalue weighted by molar-refractivity contribution is 0.0134. The molecule has 6 heteroatoms. The van der Waals surface area contributed by atoms with Gasteiger partial charge in [-0.3, -0.25) is 4.79 Å². The van der Waals surface area contributed by atoms with Crippen LogP contribution in [-0.4, -0.2) is 22.7 Å². The Balaban J connectivity index is 1.47. The van der Waals surface area contributed by atoms with E-state index in [4.69, 9.17) is 8.94 Å². The van der Waals surface area contributed by atoms with E-state index in [9.17, 15) is 9.90 Å². The van der Waals surface area contributed by atoms with Gasteiger partial charge >= 0.3 is 0 Å². The lowest BCUT2D eigenvalue weighted by Crippen LogP contribution is -2.42. The molecular weight excluding hydrogens is 320 g/mol. The average Bonchev–Trinajstić information content (AvgIpc) is 3.16. The van der Waals surface area contributed by atoms with E-state index in [-0.39, 0.29) is 18.2 Å². The van der Waals surface area contributed by atoms with Crippen LogP contribution in [0.3, 0.4) is 0 Å². The zero-order valence-electron chi connectivity index (χ0n) is 13.5. The largest absolute Gasteiger partial charge is 0.461 e. The maximum atomic E-state index is 12.4. The van der Waals surface area contributed by atoms with Crippen LogP contribution >= 0.6 is 0 Å². The first-order valence-corrected chi connectivity index (χ1v) is 8.23. The van der Waals surface area contributed by atoms with Gasteiger partial charge in [-0.15, -0.1) is 0 Å². The van der Waals surface area contributed by atoms with Gasteiger partial charge in [-0.25, -0.2) is 0 Å².